The van der Waals surface area contributed by atoms with Crippen LogP contribution in [0.25, 0.3) is 0 Å². The van der Waals surface area contributed by atoms with Crippen LogP contribution < -0.4 is 5.56 Å². The summed E-state index contributed by atoms with van der Waals surface area (Å²) in [7, 11) is 0. The van der Waals surface area contributed by atoms with E-state index in [4.69, 9.17) is 0 Å². The molecule has 2 rings (SSSR count). The van der Waals surface area contributed by atoms with Gasteiger partial charge in [0.15, 0.2) is 6.29 Å². The fourth-order valence-corrected chi connectivity index (χ4v) is 1.63. The lowest BCUT2D eigenvalue weighted by molar-refractivity contribution is 0.111. The second-order valence-corrected chi connectivity index (χ2v) is 3.70. The van der Waals surface area contributed by atoms with E-state index in [1.54, 1.807) is 0 Å². The lowest BCUT2D eigenvalue weighted by Crippen LogP contribution is -2.14. The molecular weight excluding hydrogens is 218 g/mol. The van der Waals surface area contributed by atoms with Crippen molar-refractivity contribution in [3.8, 4) is 5.75 Å². The predicted molar refractivity (Wildman–Crippen MR) is 63.4 cm³/mol. The summed E-state index contributed by atoms with van der Waals surface area (Å²) in [6.45, 7) is 0. The first-order valence-corrected chi connectivity index (χ1v) is 5.15. The van der Waals surface area contributed by atoms with E-state index in [0.29, 0.717) is 18.4 Å². The maximum absolute atomic E-state index is 11.4. The van der Waals surface area contributed by atoms with E-state index in [-0.39, 0.29) is 11.3 Å². The first-order chi connectivity index (χ1) is 8.20. The molecule has 2 aromatic rings. The van der Waals surface area contributed by atoms with Gasteiger partial charge in [0.05, 0.1) is 0 Å². The van der Waals surface area contributed by atoms with Gasteiger partial charge in [-0.2, -0.15) is 0 Å². The largest absolute Gasteiger partial charge is 0.507 e. The van der Waals surface area contributed by atoms with Crippen LogP contribution in [0, 0.1) is 0 Å². The fraction of sp³-hybridized carbons (Fsp3) is 0.0769. The van der Waals surface area contributed by atoms with Crippen molar-refractivity contribution < 1.29 is 9.90 Å². The number of aromatic amines is 1. The second-order valence-electron chi connectivity index (χ2n) is 3.70. The van der Waals surface area contributed by atoms with E-state index in [1.807, 2.05) is 30.3 Å². The van der Waals surface area contributed by atoms with Gasteiger partial charge < -0.3 is 10.1 Å². The van der Waals surface area contributed by atoms with Gasteiger partial charge in [-0.3, -0.25) is 9.59 Å². The number of aromatic nitrogens is 1. The summed E-state index contributed by atoms with van der Waals surface area (Å²) in [5.74, 6) is -0.283. The standard InChI is InChI=1S/C13H11NO3/c15-8-11-12(16)7-10(14-13(11)17)6-9-4-2-1-3-5-9/h1-5,7-8H,6H2,(H2,14,16,17). The van der Waals surface area contributed by atoms with Crippen LogP contribution in [0.5, 0.6) is 5.75 Å². The van der Waals surface area contributed by atoms with E-state index in [9.17, 15) is 14.7 Å². The van der Waals surface area contributed by atoms with Crippen molar-refractivity contribution in [3.63, 3.8) is 0 Å². The van der Waals surface area contributed by atoms with Crippen molar-refractivity contribution >= 4 is 6.29 Å². The number of carbonyl (C=O) groups excluding carboxylic acids is 1. The van der Waals surface area contributed by atoms with Crippen LogP contribution in [-0.2, 0) is 6.42 Å². The molecule has 0 aliphatic heterocycles. The Balaban J connectivity index is 2.36. The molecule has 1 aromatic heterocycles. The molecule has 1 aromatic carbocycles. The summed E-state index contributed by atoms with van der Waals surface area (Å²) in [6, 6.07) is 10.9. The second kappa shape index (κ2) is 4.65. The molecule has 0 fully saturated rings. The summed E-state index contributed by atoms with van der Waals surface area (Å²) in [5.41, 5.74) is 0.790. The maximum atomic E-state index is 11.4. The molecule has 0 atom stereocenters. The quantitative estimate of drug-likeness (QED) is 0.783. The lowest BCUT2D eigenvalue weighted by atomic mass is 10.1. The Labute approximate surface area is 97.6 Å². The highest BCUT2D eigenvalue weighted by Crippen LogP contribution is 2.14. The monoisotopic (exact) mass is 229 g/mol. The van der Waals surface area contributed by atoms with Crippen LogP contribution in [0.15, 0.2) is 41.2 Å². The third-order valence-electron chi connectivity index (χ3n) is 2.46. The number of carbonyl (C=O) groups is 1. The number of aldehydes is 1. The Kier molecular flexibility index (Phi) is 3.05. The molecule has 1 heterocycles. The highest BCUT2D eigenvalue weighted by atomic mass is 16.3. The minimum Gasteiger partial charge on any atom is -0.507 e. The molecule has 0 spiro atoms. The first kappa shape index (κ1) is 11.1. The third kappa shape index (κ3) is 2.42. The molecule has 0 amide bonds. The highest BCUT2D eigenvalue weighted by Gasteiger charge is 2.07. The van der Waals surface area contributed by atoms with E-state index >= 15 is 0 Å². The Morgan fingerprint density at radius 1 is 1.24 bits per heavy atom. The van der Waals surface area contributed by atoms with E-state index in [0.717, 1.165) is 5.56 Å². The number of H-pyrrole nitrogens is 1. The average Bonchev–Trinajstić information content (AvgIpc) is 2.30. The molecule has 0 aliphatic rings. The van der Waals surface area contributed by atoms with Crippen LogP contribution in [0.2, 0.25) is 0 Å². The molecule has 17 heavy (non-hydrogen) atoms. The van der Waals surface area contributed by atoms with Gasteiger partial charge in [0.1, 0.15) is 11.3 Å². The van der Waals surface area contributed by atoms with Gasteiger partial charge in [0.2, 0.25) is 0 Å². The van der Waals surface area contributed by atoms with E-state index in [2.05, 4.69) is 4.98 Å². The summed E-state index contributed by atoms with van der Waals surface area (Å²) in [4.78, 5) is 24.5. The van der Waals surface area contributed by atoms with Gasteiger partial charge in [-0.15, -0.1) is 0 Å². The molecule has 0 unspecified atom stereocenters. The normalized spacial score (nSPS) is 10.1. The van der Waals surface area contributed by atoms with Gasteiger partial charge >= 0.3 is 0 Å². The number of aromatic hydroxyl groups is 1. The van der Waals surface area contributed by atoms with E-state index in [1.165, 1.54) is 6.07 Å². The van der Waals surface area contributed by atoms with Gasteiger partial charge in [0.25, 0.3) is 5.56 Å². The summed E-state index contributed by atoms with van der Waals surface area (Å²) in [5, 5.41) is 9.50. The third-order valence-corrected chi connectivity index (χ3v) is 2.46. The topological polar surface area (TPSA) is 70.2 Å². The number of rotatable bonds is 3. The molecule has 2 N–H and O–H groups in total. The highest BCUT2D eigenvalue weighted by molar-refractivity contribution is 5.78. The van der Waals surface area contributed by atoms with Crippen LogP contribution in [0.1, 0.15) is 21.6 Å². The zero-order valence-corrected chi connectivity index (χ0v) is 9.01. The molecule has 0 saturated heterocycles. The predicted octanol–water partition coefficient (Wildman–Crippen LogP) is 1.48. The zero-order valence-electron chi connectivity index (χ0n) is 9.01. The Hall–Kier alpha value is -2.36. The maximum Gasteiger partial charge on any atom is 0.262 e. The number of hydrogen-bond acceptors (Lipinski definition) is 3. The van der Waals surface area contributed by atoms with Gasteiger partial charge in [-0.1, -0.05) is 30.3 Å². The smallest absolute Gasteiger partial charge is 0.262 e. The fourth-order valence-electron chi connectivity index (χ4n) is 1.63. The van der Waals surface area contributed by atoms with Crippen LogP contribution in [0.3, 0.4) is 0 Å². The molecule has 0 saturated carbocycles. The zero-order chi connectivity index (χ0) is 12.3. The van der Waals surface area contributed by atoms with Crippen LogP contribution in [0.4, 0.5) is 0 Å². The molecule has 0 aliphatic carbocycles. The minimum absolute atomic E-state index is 0.234. The summed E-state index contributed by atoms with van der Waals surface area (Å²) in [6.07, 6.45) is 0.850. The molecule has 4 heteroatoms. The van der Waals surface area contributed by atoms with Gasteiger partial charge in [-0.25, -0.2) is 0 Å². The molecule has 4 nitrogen and oxygen atoms in total. The molecule has 0 radical (unpaired) electrons. The van der Waals surface area contributed by atoms with Crippen molar-refractivity contribution in [1.29, 1.82) is 0 Å². The number of hydrogen-bond donors (Lipinski definition) is 2. The van der Waals surface area contributed by atoms with Crippen molar-refractivity contribution in [2.75, 3.05) is 0 Å². The van der Waals surface area contributed by atoms with Gasteiger partial charge in [-0.05, 0) is 5.56 Å². The van der Waals surface area contributed by atoms with Gasteiger partial charge in [0, 0.05) is 18.2 Å². The minimum atomic E-state index is -0.564. The Bertz CT molecular complexity index is 587. The van der Waals surface area contributed by atoms with Crippen molar-refractivity contribution in [2.45, 2.75) is 6.42 Å². The molecule has 86 valence electrons. The lowest BCUT2D eigenvalue weighted by Gasteiger charge is -2.03. The number of benzene rings is 1. The number of pyridine rings is 1. The Morgan fingerprint density at radius 2 is 1.94 bits per heavy atom. The summed E-state index contributed by atoms with van der Waals surface area (Å²) < 4.78 is 0. The van der Waals surface area contributed by atoms with E-state index < -0.39 is 5.56 Å². The summed E-state index contributed by atoms with van der Waals surface area (Å²) >= 11 is 0. The van der Waals surface area contributed by atoms with Crippen LogP contribution in [-0.4, -0.2) is 16.4 Å². The van der Waals surface area contributed by atoms with Crippen molar-refractivity contribution in [2.24, 2.45) is 0 Å². The Morgan fingerprint density at radius 3 is 2.53 bits per heavy atom. The average molecular weight is 229 g/mol. The van der Waals surface area contributed by atoms with Crippen molar-refractivity contribution in [3.05, 3.63) is 63.6 Å². The van der Waals surface area contributed by atoms with Crippen molar-refractivity contribution in [1.82, 2.24) is 4.98 Å². The first-order valence-electron chi connectivity index (χ1n) is 5.15. The number of nitrogens with one attached hydrogen (secondary N) is 1. The molecule has 0 bridgehead atoms. The van der Waals surface area contributed by atoms with Crippen LogP contribution >= 0.6 is 0 Å². The molecular formula is C13H11NO3. The SMILES string of the molecule is O=Cc1c(O)cc(Cc2ccccc2)[nH]c1=O.